The van der Waals surface area contributed by atoms with E-state index in [-0.39, 0.29) is 22.9 Å². The lowest BCUT2D eigenvalue weighted by Crippen LogP contribution is -2.14. The van der Waals surface area contributed by atoms with Crippen LogP contribution in [0.4, 0.5) is 0 Å². The van der Waals surface area contributed by atoms with Gasteiger partial charge in [0.25, 0.3) is 0 Å². The van der Waals surface area contributed by atoms with Crippen LogP contribution in [0.1, 0.15) is 92.9 Å². The van der Waals surface area contributed by atoms with Gasteiger partial charge in [-0.2, -0.15) is 0 Å². The van der Waals surface area contributed by atoms with Crippen molar-refractivity contribution < 1.29 is 19.7 Å². The zero-order chi connectivity index (χ0) is 23.2. The van der Waals surface area contributed by atoms with E-state index in [9.17, 15) is 15.0 Å². The number of rotatable bonds is 9. The minimum absolute atomic E-state index is 0.0559. The number of carbonyl (C=O) groups is 1. The highest BCUT2D eigenvalue weighted by Gasteiger charge is 2.19. The van der Waals surface area contributed by atoms with Crippen molar-refractivity contribution in [1.82, 2.24) is 0 Å². The van der Waals surface area contributed by atoms with Crippen LogP contribution in [0.3, 0.4) is 0 Å². The van der Waals surface area contributed by atoms with Crippen molar-refractivity contribution in [2.75, 3.05) is 6.61 Å². The number of ether oxygens (including phenoxy) is 1. The largest absolute Gasteiger partial charge is 0.508 e. The number of aryl methyl sites for hydroxylation is 1. The van der Waals surface area contributed by atoms with Gasteiger partial charge in [-0.05, 0) is 65.1 Å². The van der Waals surface area contributed by atoms with Gasteiger partial charge in [-0.1, -0.05) is 66.0 Å². The fourth-order valence-electron chi connectivity index (χ4n) is 3.68. The summed E-state index contributed by atoms with van der Waals surface area (Å²) in [6.07, 6.45) is 4.64. The SMILES string of the molecule is CCCCC(CC)COC(=O)c1cc(C)c(O)c(Cc2cc(C(C)(C)C)ccc2O)c1. The molecule has 2 aromatic carbocycles. The van der Waals surface area contributed by atoms with Crippen LogP contribution in [-0.2, 0) is 16.6 Å². The molecule has 0 aliphatic carbocycles. The number of unbranched alkanes of at least 4 members (excludes halogenated alkanes) is 1. The third-order valence-electron chi connectivity index (χ3n) is 5.93. The molecule has 0 radical (unpaired) electrons. The minimum Gasteiger partial charge on any atom is -0.508 e. The molecular formula is C27H38O4. The van der Waals surface area contributed by atoms with Crippen molar-refractivity contribution in [3.8, 4) is 11.5 Å². The van der Waals surface area contributed by atoms with E-state index in [1.807, 2.05) is 12.1 Å². The lowest BCUT2D eigenvalue weighted by atomic mass is 9.85. The summed E-state index contributed by atoms with van der Waals surface area (Å²) < 4.78 is 5.60. The van der Waals surface area contributed by atoms with E-state index >= 15 is 0 Å². The average molecular weight is 427 g/mol. The van der Waals surface area contributed by atoms with Gasteiger partial charge in [-0.25, -0.2) is 4.79 Å². The second-order valence-corrected chi connectivity index (χ2v) is 9.59. The van der Waals surface area contributed by atoms with Gasteiger partial charge < -0.3 is 14.9 Å². The van der Waals surface area contributed by atoms with Gasteiger partial charge in [-0.15, -0.1) is 0 Å². The number of esters is 1. The van der Waals surface area contributed by atoms with Gasteiger partial charge in [0.05, 0.1) is 12.2 Å². The summed E-state index contributed by atoms with van der Waals surface area (Å²) in [5.74, 6) is 0.330. The zero-order valence-electron chi connectivity index (χ0n) is 19.9. The predicted molar refractivity (Wildman–Crippen MR) is 126 cm³/mol. The van der Waals surface area contributed by atoms with Crippen LogP contribution in [0.5, 0.6) is 11.5 Å². The Kier molecular flexibility index (Phi) is 8.55. The minimum atomic E-state index is -0.369. The van der Waals surface area contributed by atoms with Crippen molar-refractivity contribution in [2.45, 2.75) is 79.1 Å². The Bertz CT molecular complexity index is 893. The third kappa shape index (κ3) is 6.75. The van der Waals surface area contributed by atoms with E-state index in [2.05, 4.69) is 34.6 Å². The van der Waals surface area contributed by atoms with E-state index < -0.39 is 0 Å². The van der Waals surface area contributed by atoms with Gasteiger partial charge in [0, 0.05) is 6.42 Å². The summed E-state index contributed by atoms with van der Waals surface area (Å²) in [6, 6.07) is 8.93. The van der Waals surface area contributed by atoms with Gasteiger partial charge >= 0.3 is 5.97 Å². The molecule has 0 aliphatic rings. The molecule has 0 amide bonds. The highest BCUT2D eigenvalue weighted by atomic mass is 16.5. The highest BCUT2D eigenvalue weighted by molar-refractivity contribution is 5.90. The van der Waals surface area contributed by atoms with Gasteiger partial charge in [-0.3, -0.25) is 0 Å². The topological polar surface area (TPSA) is 66.8 Å². The van der Waals surface area contributed by atoms with Gasteiger partial charge in [0.15, 0.2) is 0 Å². The van der Waals surface area contributed by atoms with Crippen LogP contribution in [-0.4, -0.2) is 22.8 Å². The lowest BCUT2D eigenvalue weighted by Gasteiger charge is -2.21. The van der Waals surface area contributed by atoms with E-state index in [1.54, 1.807) is 25.1 Å². The molecule has 0 bridgehead atoms. The first-order valence-electron chi connectivity index (χ1n) is 11.4. The Morgan fingerprint density at radius 2 is 1.77 bits per heavy atom. The summed E-state index contributed by atoms with van der Waals surface area (Å²) in [5, 5.41) is 21.0. The molecule has 0 fully saturated rings. The van der Waals surface area contributed by atoms with Crippen LogP contribution < -0.4 is 0 Å². The van der Waals surface area contributed by atoms with E-state index in [0.29, 0.717) is 35.6 Å². The molecule has 1 atom stereocenters. The van der Waals surface area contributed by atoms with Crippen LogP contribution in [0.15, 0.2) is 30.3 Å². The smallest absolute Gasteiger partial charge is 0.338 e. The predicted octanol–water partition coefficient (Wildman–Crippen LogP) is 6.67. The number of aromatic hydroxyl groups is 2. The van der Waals surface area contributed by atoms with Crippen LogP contribution in [0.2, 0.25) is 0 Å². The molecule has 0 saturated heterocycles. The zero-order valence-corrected chi connectivity index (χ0v) is 19.9. The molecule has 1 unspecified atom stereocenters. The van der Waals surface area contributed by atoms with Crippen molar-refractivity contribution >= 4 is 5.97 Å². The summed E-state index contributed by atoms with van der Waals surface area (Å²) >= 11 is 0. The molecule has 2 aromatic rings. The molecule has 0 heterocycles. The van der Waals surface area contributed by atoms with E-state index in [0.717, 1.165) is 36.8 Å². The number of benzene rings is 2. The Morgan fingerprint density at radius 1 is 1.06 bits per heavy atom. The third-order valence-corrected chi connectivity index (χ3v) is 5.93. The normalized spacial score (nSPS) is 12.6. The maximum Gasteiger partial charge on any atom is 0.338 e. The Morgan fingerprint density at radius 3 is 2.39 bits per heavy atom. The molecule has 0 aromatic heterocycles. The fraction of sp³-hybridized carbons (Fsp3) is 0.519. The Hall–Kier alpha value is -2.49. The summed E-state index contributed by atoms with van der Waals surface area (Å²) in [5.41, 5.74) is 3.42. The molecule has 4 heteroatoms. The fourth-order valence-corrected chi connectivity index (χ4v) is 3.68. The molecular weight excluding hydrogens is 388 g/mol. The molecule has 2 N–H and O–H groups in total. The van der Waals surface area contributed by atoms with E-state index in [4.69, 9.17) is 4.74 Å². The quantitative estimate of drug-likeness (QED) is 0.440. The molecule has 0 saturated carbocycles. The summed E-state index contributed by atoms with van der Waals surface area (Å²) in [4.78, 5) is 12.7. The Balaban J connectivity index is 2.24. The molecule has 31 heavy (non-hydrogen) atoms. The van der Waals surface area contributed by atoms with Gasteiger partial charge in [0.2, 0.25) is 0 Å². The maximum absolute atomic E-state index is 12.7. The van der Waals surface area contributed by atoms with Crippen molar-refractivity contribution in [2.24, 2.45) is 5.92 Å². The first-order valence-corrected chi connectivity index (χ1v) is 11.4. The Labute approximate surface area is 187 Å². The lowest BCUT2D eigenvalue weighted by molar-refractivity contribution is 0.0428. The number of phenolic OH excluding ortho intramolecular Hbond substituents is 2. The number of hydrogen-bond donors (Lipinski definition) is 2. The standard InChI is InChI=1S/C27H38O4/c1-7-9-10-19(8-2)17-31-26(30)22-13-18(3)25(29)21(15-22)14-20-16-23(27(4,5)6)11-12-24(20)28/h11-13,15-16,19,28-29H,7-10,14,17H2,1-6H3. The maximum atomic E-state index is 12.7. The second-order valence-electron chi connectivity index (χ2n) is 9.59. The molecule has 170 valence electrons. The highest BCUT2D eigenvalue weighted by Crippen LogP contribution is 2.32. The van der Waals surface area contributed by atoms with Crippen molar-refractivity contribution in [3.63, 3.8) is 0 Å². The average Bonchev–Trinajstić information content (AvgIpc) is 2.71. The number of hydrogen-bond acceptors (Lipinski definition) is 4. The first kappa shape index (κ1) is 24.8. The van der Waals surface area contributed by atoms with Crippen molar-refractivity contribution in [1.29, 1.82) is 0 Å². The monoisotopic (exact) mass is 426 g/mol. The van der Waals surface area contributed by atoms with Gasteiger partial charge in [0.1, 0.15) is 11.5 Å². The van der Waals surface area contributed by atoms with Crippen LogP contribution >= 0.6 is 0 Å². The molecule has 2 rings (SSSR count). The van der Waals surface area contributed by atoms with Crippen molar-refractivity contribution in [3.05, 3.63) is 58.1 Å². The molecule has 4 nitrogen and oxygen atoms in total. The second kappa shape index (κ2) is 10.7. The summed E-state index contributed by atoms with van der Waals surface area (Å²) in [7, 11) is 0. The number of carbonyl (C=O) groups excluding carboxylic acids is 1. The van der Waals surface area contributed by atoms with Crippen LogP contribution in [0, 0.1) is 12.8 Å². The van der Waals surface area contributed by atoms with Crippen LogP contribution in [0.25, 0.3) is 0 Å². The summed E-state index contributed by atoms with van der Waals surface area (Å²) in [6.45, 7) is 12.8. The molecule has 0 aliphatic heterocycles. The number of phenols is 2. The molecule has 0 spiro atoms. The van der Waals surface area contributed by atoms with E-state index in [1.165, 1.54) is 0 Å². The first-order chi connectivity index (χ1) is 14.6.